The van der Waals surface area contributed by atoms with E-state index >= 15 is 0 Å². The Bertz CT molecular complexity index is 426. The summed E-state index contributed by atoms with van der Waals surface area (Å²) in [6.45, 7) is 2.09. The molecule has 0 aliphatic carbocycles. The van der Waals surface area contributed by atoms with Gasteiger partial charge in [-0.05, 0) is 24.6 Å². The number of rotatable bonds is 3. The van der Waals surface area contributed by atoms with Gasteiger partial charge in [-0.3, -0.25) is 0 Å². The maximum absolute atomic E-state index is 5.69. The van der Waals surface area contributed by atoms with Crippen LogP contribution in [0.5, 0.6) is 11.6 Å². The van der Waals surface area contributed by atoms with Crippen molar-refractivity contribution in [3.05, 3.63) is 54.2 Å². The molecule has 0 spiro atoms. The molecule has 0 N–H and O–H groups in total. The van der Waals surface area contributed by atoms with Crippen LogP contribution in [-0.2, 0) is 6.42 Å². The molecule has 0 amide bonds. The van der Waals surface area contributed by atoms with Gasteiger partial charge in [0.15, 0.2) is 0 Å². The summed E-state index contributed by atoms with van der Waals surface area (Å²) in [6.07, 6.45) is 2.67. The third-order valence-electron chi connectivity index (χ3n) is 2.19. The van der Waals surface area contributed by atoms with Crippen molar-refractivity contribution in [2.24, 2.45) is 0 Å². The molecule has 2 aromatic rings. The number of para-hydroxylation sites is 1. The number of pyridine rings is 1. The molecule has 2 nitrogen and oxygen atoms in total. The lowest BCUT2D eigenvalue weighted by Gasteiger charge is -2.07. The SMILES string of the molecule is CCc1cccnc1Oc1ccccc1. The van der Waals surface area contributed by atoms with Crippen molar-refractivity contribution < 1.29 is 4.74 Å². The summed E-state index contributed by atoms with van der Waals surface area (Å²) in [6, 6.07) is 13.7. The molecule has 0 aliphatic heterocycles. The monoisotopic (exact) mass is 199 g/mol. The number of nitrogens with zero attached hydrogens (tertiary/aromatic N) is 1. The lowest BCUT2D eigenvalue weighted by molar-refractivity contribution is 0.457. The molecule has 15 heavy (non-hydrogen) atoms. The van der Waals surface area contributed by atoms with E-state index in [1.807, 2.05) is 42.5 Å². The van der Waals surface area contributed by atoms with Gasteiger partial charge >= 0.3 is 0 Å². The fraction of sp³-hybridized carbons (Fsp3) is 0.154. The highest BCUT2D eigenvalue weighted by Gasteiger charge is 2.02. The first kappa shape index (κ1) is 9.71. The highest BCUT2D eigenvalue weighted by atomic mass is 16.5. The average Bonchev–Trinajstić information content (AvgIpc) is 2.31. The van der Waals surface area contributed by atoms with Gasteiger partial charge < -0.3 is 4.74 Å². The molecule has 0 atom stereocenters. The lowest BCUT2D eigenvalue weighted by atomic mass is 10.2. The quantitative estimate of drug-likeness (QED) is 0.755. The first-order valence-corrected chi connectivity index (χ1v) is 5.07. The van der Waals surface area contributed by atoms with Gasteiger partial charge in [0.05, 0.1) is 0 Å². The summed E-state index contributed by atoms with van der Waals surface area (Å²) in [5.41, 5.74) is 1.13. The summed E-state index contributed by atoms with van der Waals surface area (Å²) in [4.78, 5) is 4.22. The molecule has 1 aromatic heterocycles. The Morgan fingerprint density at radius 1 is 1.07 bits per heavy atom. The molecule has 0 fully saturated rings. The lowest BCUT2D eigenvalue weighted by Crippen LogP contribution is -1.92. The van der Waals surface area contributed by atoms with Crippen LogP contribution in [0.1, 0.15) is 12.5 Å². The molecule has 0 radical (unpaired) electrons. The molecular weight excluding hydrogens is 186 g/mol. The molecule has 76 valence electrons. The van der Waals surface area contributed by atoms with Gasteiger partial charge in [0.1, 0.15) is 5.75 Å². The predicted octanol–water partition coefficient (Wildman–Crippen LogP) is 3.44. The maximum atomic E-state index is 5.69. The van der Waals surface area contributed by atoms with Gasteiger partial charge in [-0.15, -0.1) is 0 Å². The topological polar surface area (TPSA) is 22.1 Å². The second-order valence-electron chi connectivity index (χ2n) is 3.24. The van der Waals surface area contributed by atoms with Crippen LogP contribution in [0.3, 0.4) is 0 Å². The summed E-state index contributed by atoms with van der Waals surface area (Å²) in [5.74, 6) is 1.53. The average molecular weight is 199 g/mol. The summed E-state index contributed by atoms with van der Waals surface area (Å²) in [5, 5.41) is 0. The second kappa shape index (κ2) is 4.60. The number of hydrogen-bond acceptors (Lipinski definition) is 2. The highest BCUT2D eigenvalue weighted by Crippen LogP contribution is 2.22. The van der Waals surface area contributed by atoms with Crippen molar-refractivity contribution in [2.45, 2.75) is 13.3 Å². The minimum atomic E-state index is 0.700. The standard InChI is InChI=1S/C13H13NO/c1-2-11-7-6-10-14-13(11)15-12-8-4-3-5-9-12/h3-10H,2H2,1H3. The van der Waals surface area contributed by atoms with Gasteiger partial charge in [-0.2, -0.15) is 0 Å². The third kappa shape index (κ3) is 2.34. The molecule has 0 saturated heterocycles. The molecule has 0 aliphatic rings. The van der Waals surface area contributed by atoms with E-state index in [0.29, 0.717) is 5.88 Å². The molecule has 2 rings (SSSR count). The Labute approximate surface area is 89.6 Å². The predicted molar refractivity (Wildman–Crippen MR) is 60.1 cm³/mol. The van der Waals surface area contributed by atoms with Crippen LogP contribution >= 0.6 is 0 Å². The Kier molecular flexibility index (Phi) is 2.98. The molecule has 1 aromatic carbocycles. The third-order valence-corrected chi connectivity index (χ3v) is 2.19. The van der Waals surface area contributed by atoms with Crippen LogP contribution in [0.2, 0.25) is 0 Å². The van der Waals surface area contributed by atoms with Gasteiger partial charge in [0.2, 0.25) is 5.88 Å². The van der Waals surface area contributed by atoms with Gasteiger partial charge in [0, 0.05) is 11.8 Å². The van der Waals surface area contributed by atoms with Crippen LogP contribution < -0.4 is 4.74 Å². The van der Waals surface area contributed by atoms with Gasteiger partial charge in [-0.25, -0.2) is 4.98 Å². The van der Waals surface area contributed by atoms with Crippen LogP contribution in [0, 0.1) is 0 Å². The first-order valence-electron chi connectivity index (χ1n) is 5.07. The Morgan fingerprint density at radius 2 is 1.87 bits per heavy atom. The summed E-state index contributed by atoms with van der Waals surface area (Å²) < 4.78 is 5.69. The van der Waals surface area contributed by atoms with Crippen molar-refractivity contribution in [3.63, 3.8) is 0 Å². The first-order chi connectivity index (χ1) is 7.40. The fourth-order valence-electron chi connectivity index (χ4n) is 1.39. The molecular formula is C13H13NO. The van der Waals surface area contributed by atoms with Crippen molar-refractivity contribution in [2.75, 3.05) is 0 Å². The Balaban J connectivity index is 2.24. The van der Waals surface area contributed by atoms with E-state index in [0.717, 1.165) is 17.7 Å². The smallest absolute Gasteiger partial charge is 0.222 e. The normalized spacial score (nSPS) is 9.93. The zero-order valence-corrected chi connectivity index (χ0v) is 8.68. The number of aryl methyl sites for hydroxylation is 1. The van der Waals surface area contributed by atoms with E-state index in [2.05, 4.69) is 11.9 Å². The molecule has 1 heterocycles. The van der Waals surface area contributed by atoms with Crippen molar-refractivity contribution >= 4 is 0 Å². The molecule has 2 heteroatoms. The van der Waals surface area contributed by atoms with Crippen molar-refractivity contribution in [1.82, 2.24) is 4.98 Å². The van der Waals surface area contributed by atoms with Gasteiger partial charge in [-0.1, -0.05) is 31.2 Å². The zero-order valence-electron chi connectivity index (χ0n) is 8.68. The van der Waals surface area contributed by atoms with Crippen LogP contribution in [-0.4, -0.2) is 4.98 Å². The highest BCUT2D eigenvalue weighted by molar-refractivity contribution is 5.31. The number of ether oxygens (including phenoxy) is 1. The molecule has 0 bridgehead atoms. The second-order valence-corrected chi connectivity index (χ2v) is 3.24. The minimum Gasteiger partial charge on any atom is -0.439 e. The van der Waals surface area contributed by atoms with E-state index in [4.69, 9.17) is 4.74 Å². The Morgan fingerprint density at radius 3 is 2.60 bits per heavy atom. The molecule has 0 unspecified atom stereocenters. The number of aromatic nitrogens is 1. The van der Waals surface area contributed by atoms with E-state index in [-0.39, 0.29) is 0 Å². The van der Waals surface area contributed by atoms with Crippen LogP contribution in [0.15, 0.2) is 48.7 Å². The Hall–Kier alpha value is -1.83. The number of hydrogen-bond donors (Lipinski definition) is 0. The summed E-state index contributed by atoms with van der Waals surface area (Å²) >= 11 is 0. The van der Waals surface area contributed by atoms with E-state index < -0.39 is 0 Å². The van der Waals surface area contributed by atoms with Crippen LogP contribution in [0.25, 0.3) is 0 Å². The number of benzene rings is 1. The fourth-order valence-corrected chi connectivity index (χ4v) is 1.39. The minimum absolute atomic E-state index is 0.700. The van der Waals surface area contributed by atoms with E-state index in [1.165, 1.54) is 0 Å². The molecule has 0 saturated carbocycles. The van der Waals surface area contributed by atoms with Crippen molar-refractivity contribution in [1.29, 1.82) is 0 Å². The van der Waals surface area contributed by atoms with Gasteiger partial charge in [0.25, 0.3) is 0 Å². The van der Waals surface area contributed by atoms with E-state index in [9.17, 15) is 0 Å². The maximum Gasteiger partial charge on any atom is 0.222 e. The zero-order chi connectivity index (χ0) is 10.5. The summed E-state index contributed by atoms with van der Waals surface area (Å²) in [7, 11) is 0. The largest absolute Gasteiger partial charge is 0.439 e. The van der Waals surface area contributed by atoms with Crippen LogP contribution in [0.4, 0.5) is 0 Å². The van der Waals surface area contributed by atoms with E-state index in [1.54, 1.807) is 6.20 Å². The van der Waals surface area contributed by atoms with Crippen molar-refractivity contribution in [3.8, 4) is 11.6 Å².